The SMILES string of the molecule is CCCc1cccc2sc(SNC(C)(C)CC)nc12. The number of aryl methyl sites for hydroxylation is 1. The standard InChI is InChI=1S/C15H22N2S2/c1-5-8-11-9-7-10-12-13(11)16-14(18-12)19-17-15(3,4)6-2/h7,9-10,17H,5-6,8H2,1-4H3. The normalized spacial score (nSPS) is 12.2. The molecule has 0 aliphatic heterocycles. The van der Waals surface area contributed by atoms with Gasteiger partial charge in [0.05, 0.1) is 10.2 Å². The van der Waals surface area contributed by atoms with Crippen LogP contribution in [0.5, 0.6) is 0 Å². The second kappa shape index (κ2) is 6.25. The predicted molar refractivity (Wildman–Crippen MR) is 87.0 cm³/mol. The van der Waals surface area contributed by atoms with E-state index < -0.39 is 0 Å². The number of thiazole rings is 1. The molecule has 0 aliphatic rings. The number of rotatable bonds is 6. The van der Waals surface area contributed by atoms with Crippen LogP contribution in [0.4, 0.5) is 0 Å². The van der Waals surface area contributed by atoms with Crippen LogP contribution in [0, 0.1) is 0 Å². The molecule has 1 aromatic carbocycles. The Bertz CT molecular complexity index is 546. The minimum atomic E-state index is 0.148. The Morgan fingerprint density at radius 3 is 2.79 bits per heavy atom. The van der Waals surface area contributed by atoms with E-state index in [2.05, 4.69) is 50.6 Å². The summed E-state index contributed by atoms with van der Waals surface area (Å²) in [6.07, 6.45) is 3.38. The predicted octanol–water partition coefficient (Wildman–Crippen LogP) is 5.03. The maximum atomic E-state index is 4.79. The molecule has 0 radical (unpaired) electrons. The van der Waals surface area contributed by atoms with E-state index in [1.165, 1.54) is 22.2 Å². The lowest BCUT2D eigenvalue weighted by atomic mass is 10.0. The summed E-state index contributed by atoms with van der Waals surface area (Å²) in [5.74, 6) is 0. The number of aromatic nitrogens is 1. The van der Waals surface area contributed by atoms with Crippen molar-refractivity contribution >= 4 is 33.5 Å². The number of nitrogens with one attached hydrogen (secondary N) is 1. The summed E-state index contributed by atoms with van der Waals surface area (Å²) in [7, 11) is 0. The van der Waals surface area contributed by atoms with Crippen molar-refractivity contribution < 1.29 is 0 Å². The number of hydrogen-bond donors (Lipinski definition) is 1. The first-order valence-corrected chi connectivity index (χ1v) is 8.51. The van der Waals surface area contributed by atoms with Gasteiger partial charge in [0.25, 0.3) is 0 Å². The molecule has 0 saturated heterocycles. The van der Waals surface area contributed by atoms with Crippen molar-refractivity contribution in [1.29, 1.82) is 0 Å². The van der Waals surface area contributed by atoms with Crippen molar-refractivity contribution in [2.24, 2.45) is 0 Å². The van der Waals surface area contributed by atoms with Crippen LogP contribution in [-0.2, 0) is 6.42 Å². The van der Waals surface area contributed by atoms with Gasteiger partial charge >= 0.3 is 0 Å². The molecule has 2 nitrogen and oxygen atoms in total. The van der Waals surface area contributed by atoms with E-state index in [0.29, 0.717) is 0 Å². The molecule has 104 valence electrons. The Kier molecular flexibility index (Phi) is 4.87. The van der Waals surface area contributed by atoms with Gasteiger partial charge in [-0.1, -0.05) is 32.4 Å². The molecule has 4 heteroatoms. The fourth-order valence-corrected chi connectivity index (χ4v) is 3.70. The second-order valence-electron chi connectivity index (χ2n) is 5.44. The van der Waals surface area contributed by atoms with Gasteiger partial charge in [-0.2, -0.15) is 0 Å². The van der Waals surface area contributed by atoms with E-state index in [1.807, 2.05) is 0 Å². The smallest absolute Gasteiger partial charge is 0.166 e. The van der Waals surface area contributed by atoms with Crippen LogP contribution < -0.4 is 4.72 Å². The van der Waals surface area contributed by atoms with Gasteiger partial charge in [-0.15, -0.1) is 11.3 Å². The third-order valence-corrected chi connectivity index (χ3v) is 5.54. The van der Waals surface area contributed by atoms with Gasteiger partial charge in [-0.3, -0.25) is 4.72 Å². The number of benzene rings is 1. The summed E-state index contributed by atoms with van der Waals surface area (Å²) >= 11 is 3.44. The highest BCUT2D eigenvalue weighted by Gasteiger charge is 2.16. The number of nitrogens with zero attached hydrogens (tertiary/aromatic N) is 1. The zero-order chi connectivity index (χ0) is 13.9. The Labute approximate surface area is 124 Å². The number of para-hydroxylation sites is 1. The largest absolute Gasteiger partial charge is 0.252 e. The topological polar surface area (TPSA) is 24.9 Å². The zero-order valence-corrected chi connectivity index (χ0v) is 13.8. The lowest BCUT2D eigenvalue weighted by Gasteiger charge is -2.22. The summed E-state index contributed by atoms with van der Waals surface area (Å²) in [6.45, 7) is 8.85. The molecule has 0 saturated carbocycles. The van der Waals surface area contributed by atoms with Crippen molar-refractivity contribution in [3.05, 3.63) is 23.8 Å². The second-order valence-corrected chi connectivity index (χ2v) is 7.52. The van der Waals surface area contributed by atoms with Crippen LogP contribution in [0.25, 0.3) is 10.2 Å². The molecule has 1 heterocycles. The van der Waals surface area contributed by atoms with Gasteiger partial charge in [-0.05, 0) is 50.3 Å². The van der Waals surface area contributed by atoms with Crippen molar-refractivity contribution in [2.45, 2.75) is 56.8 Å². The molecule has 2 aromatic rings. The van der Waals surface area contributed by atoms with Crippen molar-refractivity contribution in [2.75, 3.05) is 0 Å². The Morgan fingerprint density at radius 1 is 1.32 bits per heavy atom. The Hall–Kier alpha value is -0.580. The van der Waals surface area contributed by atoms with E-state index >= 15 is 0 Å². The zero-order valence-electron chi connectivity index (χ0n) is 12.1. The highest BCUT2D eigenvalue weighted by atomic mass is 32.2. The maximum absolute atomic E-state index is 4.79. The lowest BCUT2D eigenvalue weighted by molar-refractivity contribution is 0.464. The lowest BCUT2D eigenvalue weighted by Crippen LogP contribution is -2.33. The molecule has 0 fully saturated rings. The van der Waals surface area contributed by atoms with Gasteiger partial charge < -0.3 is 0 Å². The Morgan fingerprint density at radius 2 is 2.11 bits per heavy atom. The third-order valence-electron chi connectivity index (χ3n) is 3.30. The van der Waals surface area contributed by atoms with Gasteiger partial charge in [-0.25, -0.2) is 4.98 Å². The number of fused-ring (bicyclic) bond motifs is 1. The average molecular weight is 294 g/mol. The van der Waals surface area contributed by atoms with Crippen LogP contribution in [0.15, 0.2) is 22.5 Å². The van der Waals surface area contributed by atoms with E-state index in [4.69, 9.17) is 4.98 Å². The summed E-state index contributed by atoms with van der Waals surface area (Å²) in [5.41, 5.74) is 2.71. The van der Waals surface area contributed by atoms with Crippen molar-refractivity contribution in [3.63, 3.8) is 0 Å². The highest BCUT2D eigenvalue weighted by molar-refractivity contribution is 7.99. The van der Waals surface area contributed by atoms with Crippen molar-refractivity contribution in [3.8, 4) is 0 Å². The van der Waals surface area contributed by atoms with Crippen LogP contribution in [0.3, 0.4) is 0 Å². The van der Waals surface area contributed by atoms with Crippen LogP contribution >= 0.6 is 23.3 Å². The molecule has 0 spiro atoms. The van der Waals surface area contributed by atoms with E-state index in [-0.39, 0.29) is 5.54 Å². The van der Waals surface area contributed by atoms with Crippen LogP contribution in [-0.4, -0.2) is 10.5 Å². The molecule has 0 bridgehead atoms. The summed E-state index contributed by atoms with van der Waals surface area (Å²) in [5, 5.41) is 0. The molecule has 0 atom stereocenters. The first-order chi connectivity index (χ1) is 9.05. The van der Waals surface area contributed by atoms with E-state index in [0.717, 1.165) is 17.2 Å². The number of hydrogen-bond acceptors (Lipinski definition) is 4. The summed E-state index contributed by atoms with van der Waals surface area (Å²) < 4.78 is 5.91. The first kappa shape index (κ1) is 14.8. The monoisotopic (exact) mass is 294 g/mol. The molecular formula is C15H22N2S2. The van der Waals surface area contributed by atoms with Gasteiger partial charge in [0.2, 0.25) is 0 Å². The molecular weight excluding hydrogens is 272 g/mol. The average Bonchev–Trinajstić information content (AvgIpc) is 2.81. The van der Waals surface area contributed by atoms with Crippen LogP contribution in [0.2, 0.25) is 0 Å². The van der Waals surface area contributed by atoms with E-state index in [1.54, 1.807) is 23.3 Å². The molecule has 19 heavy (non-hydrogen) atoms. The molecule has 0 amide bonds. The quantitative estimate of drug-likeness (QED) is 0.756. The molecule has 1 N–H and O–H groups in total. The van der Waals surface area contributed by atoms with Crippen molar-refractivity contribution in [1.82, 2.24) is 9.71 Å². The first-order valence-electron chi connectivity index (χ1n) is 6.88. The summed E-state index contributed by atoms with van der Waals surface area (Å²) in [6, 6.07) is 6.51. The fraction of sp³-hybridized carbons (Fsp3) is 0.533. The fourth-order valence-electron chi connectivity index (χ4n) is 1.75. The molecule has 0 aliphatic carbocycles. The summed E-state index contributed by atoms with van der Waals surface area (Å²) in [4.78, 5) is 4.79. The van der Waals surface area contributed by atoms with E-state index in [9.17, 15) is 0 Å². The Balaban J connectivity index is 2.19. The molecule has 2 rings (SSSR count). The van der Waals surface area contributed by atoms with Gasteiger partial charge in [0, 0.05) is 5.54 Å². The van der Waals surface area contributed by atoms with Gasteiger partial charge in [0.1, 0.15) is 0 Å². The van der Waals surface area contributed by atoms with Gasteiger partial charge in [0.15, 0.2) is 4.34 Å². The third kappa shape index (κ3) is 3.71. The molecule has 0 unspecified atom stereocenters. The highest BCUT2D eigenvalue weighted by Crippen LogP contribution is 2.31. The minimum absolute atomic E-state index is 0.148. The molecule has 1 aromatic heterocycles. The van der Waals surface area contributed by atoms with Crippen LogP contribution in [0.1, 0.15) is 46.1 Å². The minimum Gasteiger partial charge on any atom is -0.252 e. The maximum Gasteiger partial charge on any atom is 0.166 e.